The first-order chi connectivity index (χ1) is 12.0. The Bertz CT molecular complexity index is 732. The molecule has 1 aliphatic rings. The lowest BCUT2D eigenvalue weighted by atomic mass is 10.1. The number of amides is 2. The molecule has 2 rings (SSSR count). The molecule has 1 unspecified atom stereocenters. The number of rotatable bonds is 6. The van der Waals surface area contributed by atoms with Crippen LogP contribution < -0.4 is 4.90 Å². The van der Waals surface area contributed by atoms with Crippen molar-refractivity contribution in [3.05, 3.63) is 28.8 Å². The van der Waals surface area contributed by atoms with Gasteiger partial charge in [0.25, 0.3) is 0 Å². The van der Waals surface area contributed by atoms with Gasteiger partial charge in [0.05, 0.1) is 30.9 Å². The van der Waals surface area contributed by atoms with Crippen LogP contribution in [0.25, 0.3) is 0 Å². The molecule has 0 saturated carbocycles. The van der Waals surface area contributed by atoms with E-state index in [-0.39, 0.29) is 50.7 Å². The molecular weight excluding hydrogens is 340 g/mol. The lowest BCUT2D eigenvalue weighted by Crippen LogP contribution is -2.38. The number of benzene rings is 1. The highest BCUT2D eigenvalue weighted by molar-refractivity contribution is 6.31. The van der Waals surface area contributed by atoms with E-state index in [1.807, 2.05) is 31.2 Å². The monoisotopic (exact) mass is 358 g/mol. The second kappa shape index (κ2) is 8.50. The van der Waals surface area contributed by atoms with Crippen LogP contribution in [-0.4, -0.2) is 36.3 Å². The standard InChI is InChI=1S/C18H19ClN4O2/c1-13-4-5-15(11-16(13)19)23-12-14(10-17(23)24)18(25)22(8-2-6-20)9-3-7-21/h4-5,11,14H,2-3,8-10,12H2,1H3. The van der Waals surface area contributed by atoms with E-state index in [1.54, 1.807) is 11.0 Å². The van der Waals surface area contributed by atoms with E-state index in [4.69, 9.17) is 22.1 Å². The van der Waals surface area contributed by atoms with Gasteiger partial charge >= 0.3 is 0 Å². The zero-order valence-electron chi connectivity index (χ0n) is 14.0. The first-order valence-electron chi connectivity index (χ1n) is 8.07. The zero-order valence-corrected chi connectivity index (χ0v) is 14.8. The van der Waals surface area contributed by atoms with Crippen molar-refractivity contribution in [3.63, 3.8) is 0 Å². The average molecular weight is 359 g/mol. The van der Waals surface area contributed by atoms with E-state index < -0.39 is 5.92 Å². The summed E-state index contributed by atoms with van der Waals surface area (Å²) in [7, 11) is 0. The molecule has 1 aliphatic heterocycles. The van der Waals surface area contributed by atoms with Gasteiger partial charge in [-0.2, -0.15) is 10.5 Å². The number of anilines is 1. The third kappa shape index (κ3) is 4.49. The minimum Gasteiger partial charge on any atom is -0.340 e. The Balaban J connectivity index is 2.11. The molecule has 0 radical (unpaired) electrons. The van der Waals surface area contributed by atoms with Crippen LogP contribution in [0.2, 0.25) is 5.02 Å². The van der Waals surface area contributed by atoms with Crippen LogP contribution in [0.1, 0.15) is 24.8 Å². The Kier molecular flexibility index (Phi) is 6.38. The Morgan fingerprint density at radius 2 is 1.96 bits per heavy atom. The SMILES string of the molecule is Cc1ccc(N2CC(C(=O)N(CCC#N)CCC#N)CC2=O)cc1Cl. The van der Waals surface area contributed by atoms with E-state index in [0.29, 0.717) is 10.7 Å². The number of carbonyl (C=O) groups excluding carboxylic acids is 2. The molecule has 1 saturated heterocycles. The van der Waals surface area contributed by atoms with Crippen LogP contribution in [0.3, 0.4) is 0 Å². The zero-order chi connectivity index (χ0) is 18.4. The van der Waals surface area contributed by atoms with Crippen molar-refractivity contribution in [1.82, 2.24) is 4.90 Å². The molecular formula is C18H19ClN4O2. The van der Waals surface area contributed by atoms with Crippen molar-refractivity contribution in [2.24, 2.45) is 5.92 Å². The molecule has 7 heteroatoms. The lowest BCUT2D eigenvalue weighted by Gasteiger charge is -2.24. The molecule has 1 atom stereocenters. The molecule has 1 aromatic carbocycles. The van der Waals surface area contributed by atoms with E-state index in [0.717, 1.165) is 5.56 Å². The molecule has 25 heavy (non-hydrogen) atoms. The molecule has 0 bridgehead atoms. The van der Waals surface area contributed by atoms with Crippen LogP contribution in [0.4, 0.5) is 5.69 Å². The fourth-order valence-electron chi connectivity index (χ4n) is 2.83. The molecule has 2 amide bonds. The molecule has 1 fully saturated rings. The maximum atomic E-state index is 12.7. The van der Waals surface area contributed by atoms with Crippen LogP contribution in [0.5, 0.6) is 0 Å². The van der Waals surface area contributed by atoms with Gasteiger partial charge in [-0.15, -0.1) is 0 Å². The van der Waals surface area contributed by atoms with Gasteiger partial charge in [0.1, 0.15) is 0 Å². The Hall–Kier alpha value is -2.57. The van der Waals surface area contributed by atoms with Crippen molar-refractivity contribution < 1.29 is 9.59 Å². The summed E-state index contributed by atoms with van der Waals surface area (Å²) in [5, 5.41) is 18.1. The maximum absolute atomic E-state index is 12.7. The third-order valence-electron chi connectivity index (χ3n) is 4.24. The minimum absolute atomic E-state index is 0.125. The molecule has 0 N–H and O–H groups in total. The largest absolute Gasteiger partial charge is 0.340 e. The average Bonchev–Trinajstić information content (AvgIpc) is 2.99. The van der Waals surface area contributed by atoms with E-state index in [9.17, 15) is 9.59 Å². The summed E-state index contributed by atoms with van der Waals surface area (Å²) >= 11 is 6.13. The molecule has 6 nitrogen and oxygen atoms in total. The molecule has 130 valence electrons. The number of nitrogens with zero attached hydrogens (tertiary/aromatic N) is 4. The van der Waals surface area contributed by atoms with Gasteiger partial charge in [0, 0.05) is 36.8 Å². The minimum atomic E-state index is -0.468. The number of carbonyl (C=O) groups is 2. The highest BCUT2D eigenvalue weighted by atomic mass is 35.5. The predicted octanol–water partition coefficient (Wildman–Crippen LogP) is 2.66. The fourth-order valence-corrected chi connectivity index (χ4v) is 3.01. The van der Waals surface area contributed by atoms with Crippen molar-refractivity contribution in [3.8, 4) is 12.1 Å². The van der Waals surface area contributed by atoms with Gasteiger partial charge in [-0.05, 0) is 24.6 Å². The second-order valence-electron chi connectivity index (χ2n) is 5.98. The van der Waals surface area contributed by atoms with Gasteiger partial charge < -0.3 is 9.80 Å². The van der Waals surface area contributed by atoms with Gasteiger partial charge in [-0.3, -0.25) is 9.59 Å². The summed E-state index contributed by atoms with van der Waals surface area (Å²) in [6.07, 6.45) is 0.532. The van der Waals surface area contributed by atoms with Gasteiger partial charge in [-0.1, -0.05) is 17.7 Å². The highest BCUT2D eigenvalue weighted by Crippen LogP contribution is 2.29. The predicted molar refractivity (Wildman–Crippen MR) is 93.7 cm³/mol. The fraction of sp³-hybridized carbons (Fsp3) is 0.444. The summed E-state index contributed by atoms with van der Waals surface area (Å²) in [5.41, 5.74) is 1.60. The van der Waals surface area contributed by atoms with Crippen LogP contribution in [0, 0.1) is 35.5 Å². The first kappa shape index (κ1) is 18.8. The number of hydrogen-bond donors (Lipinski definition) is 0. The maximum Gasteiger partial charge on any atom is 0.228 e. The number of halogens is 1. The lowest BCUT2D eigenvalue weighted by molar-refractivity contribution is -0.135. The van der Waals surface area contributed by atoms with E-state index in [2.05, 4.69) is 0 Å². The molecule has 1 aromatic rings. The van der Waals surface area contributed by atoms with Gasteiger partial charge in [-0.25, -0.2) is 0 Å². The van der Waals surface area contributed by atoms with E-state index >= 15 is 0 Å². The number of hydrogen-bond acceptors (Lipinski definition) is 4. The Labute approximate surface area is 152 Å². The Morgan fingerprint density at radius 1 is 1.32 bits per heavy atom. The normalized spacial score (nSPS) is 16.4. The van der Waals surface area contributed by atoms with Gasteiger partial charge in [0.2, 0.25) is 11.8 Å². The van der Waals surface area contributed by atoms with Crippen molar-refractivity contribution in [1.29, 1.82) is 10.5 Å². The van der Waals surface area contributed by atoms with Crippen LogP contribution in [-0.2, 0) is 9.59 Å². The van der Waals surface area contributed by atoms with Crippen molar-refractivity contribution in [2.45, 2.75) is 26.2 Å². The summed E-state index contributed by atoms with van der Waals surface area (Å²) < 4.78 is 0. The molecule has 0 aromatic heterocycles. The molecule has 1 heterocycles. The molecule has 0 spiro atoms. The van der Waals surface area contributed by atoms with Crippen molar-refractivity contribution >= 4 is 29.1 Å². The third-order valence-corrected chi connectivity index (χ3v) is 4.65. The topological polar surface area (TPSA) is 88.2 Å². The quantitative estimate of drug-likeness (QED) is 0.782. The van der Waals surface area contributed by atoms with Gasteiger partial charge in [0.15, 0.2) is 0 Å². The first-order valence-corrected chi connectivity index (χ1v) is 8.45. The second-order valence-corrected chi connectivity index (χ2v) is 6.39. The van der Waals surface area contributed by atoms with Crippen molar-refractivity contribution in [2.75, 3.05) is 24.5 Å². The smallest absolute Gasteiger partial charge is 0.228 e. The Morgan fingerprint density at radius 3 is 2.52 bits per heavy atom. The molecule has 0 aliphatic carbocycles. The van der Waals surface area contributed by atoms with Crippen LogP contribution >= 0.6 is 11.6 Å². The highest BCUT2D eigenvalue weighted by Gasteiger charge is 2.37. The summed E-state index contributed by atoms with van der Waals surface area (Å²) in [4.78, 5) is 28.1. The summed E-state index contributed by atoms with van der Waals surface area (Å²) in [5.74, 6) is -0.775. The summed E-state index contributed by atoms with van der Waals surface area (Å²) in [6.45, 7) is 2.72. The van der Waals surface area contributed by atoms with E-state index in [1.165, 1.54) is 4.90 Å². The van der Waals surface area contributed by atoms with Crippen LogP contribution in [0.15, 0.2) is 18.2 Å². The summed E-state index contributed by atoms with van der Waals surface area (Å²) in [6, 6.07) is 9.39. The number of nitriles is 2. The number of aryl methyl sites for hydroxylation is 1.